The molecular formula is C16H13N3O2. The van der Waals surface area contributed by atoms with Crippen molar-refractivity contribution in [3.8, 4) is 0 Å². The number of aromatic nitrogens is 2. The van der Waals surface area contributed by atoms with Gasteiger partial charge in [-0.05, 0) is 36.8 Å². The first-order chi connectivity index (χ1) is 10.1. The molecule has 5 heteroatoms. The number of fused-ring (bicyclic) bond motifs is 1. The number of hydrogen-bond donors (Lipinski definition) is 2. The molecule has 104 valence electrons. The molecular weight excluding hydrogens is 266 g/mol. The van der Waals surface area contributed by atoms with Crippen LogP contribution in [0.3, 0.4) is 0 Å². The monoisotopic (exact) mass is 279 g/mol. The Labute approximate surface area is 120 Å². The Kier molecular flexibility index (Phi) is 3.23. The molecule has 0 saturated heterocycles. The Morgan fingerprint density at radius 3 is 2.90 bits per heavy atom. The number of anilines is 1. The number of pyridine rings is 2. The van der Waals surface area contributed by atoms with Gasteiger partial charge in [0.25, 0.3) is 5.91 Å². The van der Waals surface area contributed by atoms with Gasteiger partial charge < -0.3 is 10.3 Å². The lowest BCUT2D eigenvalue weighted by atomic mass is 10.1. The summed E-state index contributed by atoms with van der Waals surface area (Å²) < 4.78 is 0. The zero-order chi connectivity index (χ0) is 14.8. The summed E-state index contributed by atoms with van der Waals surface area (Å²) in [7, 11) is 0. The lowest BCUT2D eigenvalue weighted by Gasteiger charge is -2.09. The number of nitrogens with zero attached hydrogens (tertiary/aromatic N) is 1. The number of nitrogens with one attached hydrogen (secondary N) is 2. The molecule has 2 N–H and O–H groups in total. The second-order valence-corrected chi connectivity index (χ2v) is 4.73. The lowest BCUT2D eigenvalue weighted by Crippen LogP contribution is -2.15. The zero-order valence-electron chi connectivity index (χ0n) is 11.4. The van der Waals surface area contributed by atoms with E-state index in [0.29, 0.717) is 11.3 Å². The maximum atomic E-state index is 12.2. The van der Waals surface area contributed by atoms with Crippen molar-refractivity contribution >= 4 is 22.5 Å². The Bertz CT molecular complexity index is 884. The highest BCUT2D eigenvalue weighted by Gasteiger charge is 2.10. The highest BCUT2D eigenvalue weighted by Crippen LogP contribution is 2.24. The molecule has 0 aliphatic rings. The van der Waals surface area contributed by atoms with Gasteiger partial charge in [-0.2, -0.15) is 0 Å². The molecule has 0 aliphatic heterocycles. The first kappa shape index (κ1) is 13.1. The standard InChI is InChI=1S/C16H13N3O2/c1-10-4-5-13(12-3-2-7-18-15(10)12)19-16(21)11-6-8-17-14(20)9-11/h2-9H,1H3,(H,17,20)(H,19,21). The quantitative estimate of drug-likeness (QED) is 0.756. The van der Waals surface area contributed by atoms with Gasteiger partial charge in [-0.15, -0.1) is 0 Å². The minimum absolute atomic E-state index is 0.307. The number of H-pyrrole nitrogens is 1. The third-order valence-electron chi connectivity index (χ3n) is 3.26. The molecule has 2 aromatic heterocycles. The van der Waals surface area contributed by atoms with Gasteiger partial charge in [-0.25, -0.2) is 0 Å². The van der Waals surface area contributed by atoms with Gasteiger partial charge in [0.05, 0.1) is 11.2 Å². The Balaban J connectivity index is 2.01. The zero-order valence-corrected chi connectivity index (χ0v) is 11.4. The topological polar surface area (TPSA) is 74.8 Å². The summed E-state index contributed by atoms with van der Waals surface area (Å²) in [6, 6.07) is 10.3. The molecule has 0 spiro atoms. The van der Waals surface area contributed by atoms with Gasteiger partial charge in [-0.1, -0.05) is 6.07 Å². The number of benzene rings is 1. The van der Waals surface area contributed by atoms with Crippen LogP contribution in [0, 0.1) is 6.92 Å². The Hall–Kier alpha value is -2.95. The SMILES string of the molecule is Cc1ccc(NC(=O)c2cc[nH]c(=O)c2)c2cccnc12. The maximum absolute atomic E-state index is 12.2. The number of amides is 1. The molecule has 1 amide bonds. The largest absolute Gasteiger partial charge is 0.329 e. The van der Waals surface area contributed by atoms with E-state index in [2.05, 4.69) is 15.3 Å². The number of carbonyl (C=O) groups excluding carboxylic acids is 1. The lowest BCUT2D eigenvalue weighted by molar-refractivity contribution is 0.102. The fourth-order valence-electron chi connectivity index (χ4n) is 2.20. The number of aryl methyl sites for hydroxylation is 1. The number of aromatic amines is 1. The van der Waals surface area contributed by atoms with E-state index in [4.69, 9.17) is 0 Å². The van der Waals surface area contributed by atoms with Gasteiger partial charge in [0.1, 0.15) is 0 Å². The Morgan fingerprint density at radius 2 is 2.10 bits per heavy atom. The fourth-order valence-corrected chi connectivity index (χ4v) is 2.20. The van der Waals surface area contributed by atoms with Crippen molar-refractivity contribution < 1.29 is 4.79 Å². The molecule has 0 atom stereocenters. The smallest absolute Gasteiger partial charge is 0.255 e. The van der Waals surface area contributed by atoms with Crippen molar-refractivity contribution in [1.29, 1.82) is 0 Å². The molecule has 0 aliphatic carbocycles. The predicted octanol–water partition coefficient (Wildman–Crippen LogP) is 2.48. The maximum Gasteiger partial charge on any atom is 0.255 e. The molecule has 3 aromatic rings. The van der Waals surface area contributed by atoms with E-state index in [9.17, 15) is 9.59 Å². The van der Waals surface area contributed by atoms with Crippen molar-refractivity contribution in [1.82, 2.24) is 9.97 Å². The second-order valence-electron chi connectivity index (χ2n) is 4.73. The summed E-state index contributed by atoms with van der Waals surface area (Å²) in [6.07, 6.45) is 3.17. The first-order valence-corrected chi connectivity index (χ1v) is 6.49. The molecule has 0 fully saturated rings. The molecule has 0 bridgehead atoms. The summed E-state index contributed by atoms with van der Waals surface area (Å²) in [5.41, 5.74) is 2.57. The number of hydrogen-bond acceptors (Lipinski definition) is 3. The van der Waals surface area contributed by atoms with E-state index in [-0.39, 0.29) is 11.5 Å². The van der Waals surface area contributed by atoms with Crippen molar-refractivity contribution in [2.75, 3.05) is 5.32 Å². The van der Waals surface area contributed by atoms with E-state index >= 15 is 0 Å². The third-order valence-corrected chi connectivity index (χ3v) is 3.26. The van der Waals surface area contributed by atoms with Crippen LogP contribution in [-0.4, -0.2) is 15.9 Å². The molecule has 1 aromatic carbocycles. The van der Waals surface area contributed by atoms with Gasteiger partial charge in [0, 0.05) is 29.4 Å². The summed E-state index contributed by atoms with van der Waals surface area (Å²) >= 11 is 0. The van der Waals surface area contributed by atoms with Gasteiger partial charge >= 0.3 is 0 Å². The second kappa shape index (κ2) is 5.20. The van der Waals surface area contributed by atoms with Crippen LogP contribution in [0.25, 0.3) is 10.9 Å². The van der Waals surface area contributed by atoms with E-state index in [1.165, 1.54) is 12.3 Å². The predicted molar refractivity (Wildman–Crippen MR) is 81.5 cm³/mol. The fraction of sp³-hybridized carbons (Fsp3) is 0.0625. The average molecular weight is 279 g/mol. The van der Waals surface area contributed by atoms with Crippen LogP contribution >= 0.6 is 0 Å². The summed E-state index contributed by atoms with van der Waals surface area (Å²) in [6.45, 7) is 1.97. The van der Waals surface area contributed by atoms with E-state index < -0.39 is 0 Å². The van der Waals surface area contributed by atoms with Crippen LogP contribution in [-0.2, 0) is 0 Å². The van der Waals surface area contributed by atoms with Crippen LogP contribution in [0.4, 0.5) is 5.69 Å². The van der Waals surface area contributed by atoms with E-state index in [1.54, 1.807) is 12.3 Å². The van der Waals surface area contributed by atoms with Crippen molar-refractivity contribution in [3.05, 3.63) is 70.3 Å². The minimum atomic E-state index is -0.324. The molecule has 0 saturated carbocycles. The third kappa shape index (κ3) is 2.53. The average Bonchev–Trinajstić information content (AvgIpc) is 2.50. The van der Waals surface area contributed by atoms with Crippen LogP contribution in [0.5, 0.6) is 0 Å². The number of carbonyl (C=O) groups is 1. The Morgan fingerprint density at radius 1 is 1.24 bits per heavy atom. The highest BCUT2D eigenvalue weighted by atomic mass is 16.2. The normalized spacial score (nSPS) is 10.5. The molecule has 21 heavy (non-hydrogen) atoms. The first-order valence-electron chi connectivity index (χ1n) is 6.49. The van der Waals surface area contributed by atoms with Crippen LogP contribution in [0.1, 0.15) is 15.9 Å². The minimum Gasteiger partial charge on any atom is -0.329 e. The van der Waals surface area contributed by atoms with Crippen molar-refractivity contribution in [2.45, 2.75) is 6.92 Å². The van der Waals surface area contributed by atoms with E-state index in [0.717, 1.165) is 16.5 Å². The highest BCUT2D eigenvalue weighted by molar-refractivity contribution is 6.08. The van der Waals surface area contributed by atoms with Crippen LogP contribution in [0.15, 0.2) is 53.6 Å². The molecule has 3 rings (SSSR count). The van der Waals surface area contributed by atoms with Gasteiger partial charge in [0.15, 0.2) is 0 Å². The van der Waals surface area contributed by atoms with Crippen LogP contribution in [0.2, 0.25) is 0 Å². The summed E-state index contributed by atoms with van der Waals surface area (Å²) in [5, 5.41) is 3.69. The summed E-state index contributed by atoms with van der Waals surface area (Å²) in [4.78, 5) is 30.3. The van der Waals surface area contributed by atoms with Crippen molar-refractivity contribution in [3.63, 3.8) is 0 Å². The molecule has 0 unspecified atom stereocenters. The van der Waals surface area contributed by atoms with Crippen LogP contribution < -0.4 is 10.9 Å². The summed E-state index contributed by atoms with van der Waals surface area (Å²) in [5.74, 6) is -0.324. The van der Waals surface area contributed by atoms with Gasteiger partial charge in [-0.3, -0.25) is 14.6 Å². The van der Waals surface area contributed by atoms with E-state index in [1.807, 2.05) is 31.2 Å². The molecule has 2 heterocycles. The molecule has 5 nitrogen and oxygen atoms in total. The molecule has 0 radical (unpaired) electrons. The van der Waals surface area contributed by atoms with Crippen molar-refractivity contribution in [2.24, 2.45) is 0 Å². The van der Waals surface area contributed by atoms with Gasteiger partial charge in [0.2, 0.25) is 5.56 Å². The number of rotatable bonds is 2.